The maximum Gasteiger partial charge on any atom is 0.261 e. The summed E-state index contributed by atoms with van der Waals surface area (Å²) in [4.78, 5) is 37.8. The monoisotopic (exact) mass is 481 g/mol. The summed E-state index contributed by atoms with van der Waals surface area (Å²) in [6.45, 7) is 4.48. The van der Waals surface area contributed by atoms with Crippen LogP contribution in [-0.2, 0) is 11.3 Å². The van der Waals surface area contributed by atoms with Gasteiger partial charge in [0, 0.05) is 17.4 Å². The van der Waals surface area contributed by atoms with Crippen LogP contribution < -0.4 is 10.9 Å². The molecule has 2 heterocycles. The van der Waals surface area contributed by atoms with Crippen LogP contribution in [-0.4, -0.2) is 25.4 Å². The molecule has 0 radical (unpaired) electrons. The van der Waals surface area contributed by atoms with Crippen LogP contribution in [0.15, 0.2) is 58.1 Å². The van der Waals surface area contributed by atoms with Gasteiger partial charge in [-0.3, -0.25) is 14.2 Å². The molecule has 0 aliphatic heterocycles. The zero-order valence-electron chi connectivity index (χ0n) is 17.4. The number of carbonyl (C=O) groups excluding carboxylic acids is 1. The highest BCUT2D eigenvalue weighted by Crippen LogP contribution is 2.22. The molecule has 31 heavy (non-hydrogen) atoms. The number of H-pyrrole nitrogens is 1. The van der Waals surface area contributed by atoms with Gasteiger partial charge in [0.15, 0.2) is 0 Å². The molecule has 7 nitrogen and oxygen atoms in total. The van der Waals surface area contributed by atoms with Crippen LogP contribution in [0.2, 0.25) is 0 Å². The fraction of sp³-hybridized carbons (Fsp3) is 0.304. The summed E-state index contributed by atoms with van der Waals surface area (Å²) < 4.78 is 2.30. The molecule has 0 fully saturated rings. The Hall–Kier alpha value is -3.00. The first kappa shape index (κ1) is 21.2. The van der Waals surface area contributed by atoms with Crippen LogP contribution in [0.1, 0.15) is 38.6 Å². The highest BCUT2D eigenvalue weighted by molar-refractivity contribution is 9.10. The minimum atomic E-state index is -0.220. The average Bonchev–Trinajstić information content (AvgIpc) is 3.17. The lowest BCUT2D eigenvalue weighted by atomic mass is 10.0. The highest BCUT2D eigenvalue weighted by Gasteiger charge is 2.20. The lowest BCUT2D eigenvalue weighted by Gasteiger charge is -2.19. The minimum absolute atomic E-state index is 0.132. The van der Waals surface area contributed by atoms with Crippen LogP contribution in [0.25, 0.3) is 21.9 Å². The van der Waals surface area contributed by atoms with E-state index in [2.05, 4.69) is 50.0 Å². The number of aryl methyl sites for hydroxylation is 1. The van der Waals surface area contributed by atoms with Gasteiger partial charge in [-0.25, -0.2) is 9.97 Å². The van der Waals surface area contributed by atoms with E-state index in [4.69, 9.17) is 0 Å². The molecule has 0 aliphatic carbocycles. The van der Waals surface area contributed by atoms with E-state index in [1.807, 2.05) is 30.3 Å². The second-order valence-corrected chi connectivity index (χ2v) is 8.96. The summed E-state index contributed by atoms with van der Waals surface area (Å²) in [6, 6.07) is 13.0. The van der Waals surface area contributed by atoms with Gasteiger partial charge < -0.3 is 10.3 Å². The smallest absolute Gasteiger partial charge is 0.261 e. The molecule has 1 atom stereocenters. The predicted octanol–water partition coefficient (Wildman–Crippen LogP) is 4.33. The maximum atomic E-state index is 12.7. The van der Waals surface area contributed by atoms with Crippen molar-refractivity contribution in [2.24, 2.45) is 5.92 Å². The van der Waals surface area contributed by atoms with Gasteiger partial charge in [0.25, 0.3) is 5.56 Å². The summed E-state index contributed by atoms with van der Waals surface area (Å²) in [5.74, 6) is 0.995. The normalized spacial score (nSPS) is 12.5. The van der Waals surface area contributed by atoms with Crippen molar-refractivity contribution in [3.63, 3.8) is 0 Å². The number of aromatic nitrogens is 4. The van der Waals surface area contributed by atoms with Crippen molar-refractivity contribution in [1.29, 1.82) is 0 Å². The topological polar surface area (TPSA) is 92.7 Å². The molecule has 0 aliphatic rings. The molecule has 0 saturated heterocycles. The fourth-order valence-corrected chi connectivity index (χ4v) is 3.99. The fourth-order valence-electron chi connectivity index (χ4n) is 3.63. The zero-order valence-corrected chi connectivity index (χ0v) is 19.0. The molecule has 2 aromatic carbocycles. The quantitative estimate of drug-likeness (QED) is 0.410. The van der Waals surface area contributed by atoms with Gasteiger partial charge in [-0.05, 0) is 42.7 Å². The van der Waals surface area contributed by atoms with Crippen LogP contribution >= 0.6 is 15.9 Å². The van der Waals surface area contributed by atoms with Gasteiger partial charge >= 0.3 is 0 Å². The number of halogens is 1. The van der Waals surface area contributed by atoms with E-state index in [9.17, 15) is 9.59 Å². The van der Waals surface area contributed by atoms with E-state index in [1.54, 1.807) is 12.1 Å². The second kappa shape index (κ2) is 9.01. The Bertz CT molecular complexity index is 1260. The molecule has 0 saturated carbocycles. The number of nitrogens with one attached hydrogen (secondary N) is 2. The number of fused-ring (bicyclic) bond motifs is 2. The van der Waals surface area contributed by atoms with E-state index >= 15 is 0 Å². The molecule has 1 amide bonds. The Morgan fingerprint density at radius 3 is 2.77 bits per heavy atom. The number of benzene rings is 2. The molecule has 1 unspecified atom stereocenters. The number of carbonyl (C=O) groups is 1. The SMILES string of the molecule is CC(C)CC(NC(=O)CCn1cnc2ccc(Br)cc2c1=O)c1nc2ccccc2[nH]1. The third-order valence-electron chi connectivity index (χ3n) is 5.15. The van der Waals surface area contributed by atoms with Gasteiger partial charge in [-0.1, -0.05) is 41.9 Å². The third-order valence-corrected chi connectivity index (χ3v) is 5.64. The lowest BCUT2D eigenvalue weighted by Crippen LogP contribution is -2.32. The van der Waals surface area contributed by atoms with E-state index < -0.39 is 0 Å². The van der Waals surface area contributed by atoms with E-state index in [-0.39, 0.29) is 30.5 Å². The molecule has 8 heteroatoms. The molecule has 160 valence electrons. The molecule has 4 rings (SSSR count). The molecule has 2 aromatic heterocycles. The van der Waals surface area contributed by atoms with Crippen molar-refractivity contribution in [2.45, 2.75) is 39.3 Å². The second-order valence-electron chi connectivity index (χ2n) is 8.04. The zero-order chi connectivity index (χ0) is 22.0. The molecule has 4 aromatic rings. The number of aromatic amines is 1. The number of hydrogen-bond acceptors (Lipinski definition) is 4. The van der Waals surface area contributed by atoms with Gasteiger partial charge in [0.2, 0.25) is 5.91 Å². The third kappa shape index (κ3) is 4.85. The number of amides is 1. The van der Waals surface area contributed by atoms with Crippen molar-refractivity contribution in [1.82, 2.24) is 24.8 Å². The minimum Gasteiger partial charge on any atom is -0.346 e. The van der Waals surface area contributed by atoms with Crippen molar-refractivity contribution in [3.05, 3.63) is 69.4 Å². The summed E-state index contributed by atoms with van der Waals surface area (Å²) >= 11 is 3.39. The lowest BCUT2D eigenvalue weighted by molar-refractivity contribution is -0.122. The summed E-state index contributed by atoms with van der Waals surface area (Å²) in [7, 11) is 0. The van der Waals surface area contributed by atoms with Gasteiger partial charge in [-0.15, -0.1) is 0 Å². The van der Waals surface area contributed by atoms with Crippen LogP contribution in [0.4, 0.5) is 0 Å². The van der Waals surface area contributed by atoms with Crippen LogP contribution in [0, 0.1) is 5.92 Å². The van der Waals surface area contributed by atoms with Crippen molar-refractivity contribution >= 4 is 43.8 Å². The van der Waals surface area contributed by atoms with Gasteiger partial charge in [0.05, 0.1) is 34.3 Å². The molecule has 2 N–H and O–H groups in total. The summed E-state index contributed by atoms with van der Waals surface area (Å²) in [5.41, 5.74) is 2.30. The van der Waals surface area contributed by atoms with Gasteiger partial charge in [0.1, 0.15) is 5.82 Å². The van der Waals surface area contributed by atoms with Crippen molar-refractivity contribution < 1.29 is 4.79 Å². The summed E-state index contributed by atoms with van der Waals surface area (Å²) in [6.07, 6.45) is 2.43. The Balaban J connectivity index is 1.48. The van der Waals surface area contributed by atoms with Gasteiger partial charge in [-0.2, -0.15) is 0 Å². The largest absolute Gasteiger partial charge is 0.346 e. The number of nitrogens with zero attached hydrogens (tertiary/aromatic N) is 3. The van der Waals surface area contributed by atoms with Crippen molar-refractivity contribution in [3.8, 4) is 0 Å². The predicted molar refractivity (Wildman–Crippen MR) is 125 cm³/mol. The maximum absolute atomic E-state index is 12.7. The first-order chi connectivity index (χ1) is 14.9. The Kier molecular flexibility index (Phi) is 6.18. The number of hydrogen-bond donors (Lipinski definition) is 2. The molecular weight excluding hydrogens is 458 g/mol. The summed E-state index contributed by atoms with van der Waals surface area (Å²) in [5, 5.41) is 3.61. The Morgan fingerprint density at radius 1 is 1.19 bits per heavy atom. The van der Waals surface area contributed by atoms with E-state index in [1.165, 1.54) is 10.9 Å². The van der Waals surface area contributed by atoms with E-state index in [0.717, 1.165) is 27.8 Å². The average molecular weight is 482 g/mol. The molecular formula is C23H24BrN5O2. The standard InChI is InChI=1S/C23H24BrN5O2/c1-14(2)11-20(22-27-18-5-3-4-6-19(18)28-22)26-21(30)9-10-29-13-25-17-8-7-15(24)12-16(17)23(29)31/h3-8,12-14,20H,9-11H2,1-2H3,(H,26,30)(H,27,28). The van der Waals surface area contributed by atoms with Crippen LogP contribution in [0.3, 0.4) is 0 Å². The number of imidazole rings is 1. The molecule has 0 spiro atoms. The number of para-hydroxylation sites is 2. The number of rotatable bonds is 7. The van der Waals surface area contributed by atoms with Crippen LogP contribution in [0.5, 0.6) is 0 Å². The Labute approximate surface area is 188 Å². The van der Waals surface area contributed by atoms with E-state index in [0.29, 0.717) is 16.8 Å². The first-order valence-electron chi connectivity index (χ1n) is 10.3. The molecule has 0 bridgehead atoms. The first-order valence-corrected chi connectivity index (χ1v) is 11.1. The van der Waals surface area contributed by atoms with Crippen molar-refractivity contribution in [2.75, 3.05) is 0 Å². The Morgan fingerprint density at radius 2 is 2.00 bits per heavy atom. The highest BCUT2D eigenvalue weighted by atomic mass is 79.9.